The van der Waals surface area contributed by atoms with Crippen molar-refractivity contribution in [3.05, 3.63) is 16.0 Å². The molecular weight excluding hydrogens is 398 g/mol. The molecule has 2 fully saturated rings. The van der Waals surface area contributed by atoms with E-state index in [0.29, 0.717) is 22.7 Å². The first-order chi connectivity index (χ1) is 13.4. The lowest BCUT2D eigenvalue weighted by molar-refractivity contribution is -0.155. The Morgan fingerprint density at radius 1 is 1.36 bits per heavy atom. The molecule has 148 valence electrons. The van der Waals surface area contributed by atoms with Gasteiger partial charge >= 0.3 is 5.97 Å². The number of nitrogens with zero attached hydrogens (tertiary/aromatic N) is 2. The number of carbonyl (C=O) groups is 3. The molecule has 2 amide bonds. The highest BCUT2D eigenvalue weighted by Crippen LogP contribution is 2.47. The minimum atomic E-state index is -0.637. The number of esters is 1. The van der Waals surface area contributed by atoms with Gasteiger partial charge in [-0.05, 0) is 44.6 Å². The van der Waals surface area contributed by atoms with Crippen LogP contribution in [0.4, 0.5) is 5.00 Å². The van der Waals surface area contributed by atoms with Crippen molar-refractivity contribution in [2.75, 3.05) is 17.7 Å². The first kappa shape index (κ1) is 19.3. The normalized spacial score (nSPS) is 25.8. The number of ether oxygens (including phenoxy) is 1. The van der Waals surface area contributed by atoms with Gasteiger partial charge in [-0.2, -0.15) is 5.26 Å². The number of nitriles is 1. The number of nitrogens with one attached hydrogen (secondary N) is 1. The summed E-state index contributed by atoms with van der Waals surface area (Å²) in [5.41, 5.74) is 1.57. The van der Waals surface area contributed by atoms with Crippen LogP contribution in [0.5, 0.6) is 0 Å². The number of carbonyl (C=O) groups excluding carboxylic acids is 3. The van der Waals surface area contributed by atoms with E-state index in [1.807, 2.05) is 6.92 Å². The zero-order valence-corrected chi connectivity index (χ0v) is 17.2. The van der Waals surface area contributed by atoms with Gasteiger partial charge in [0.05, 0.1) is 10.4 Å². The number of amides is 2. The molecule has 2 aliphatic heterocycles. The number of thioether (sulfide) groups is 1. The Bertz CT molecular complexity index is 890. The highest BCUT2D eigenvalue weighted by molar-refractivity contribution is 8.01. The molecule has 0 aromatic carbocycles. The van der Waals surface area contributed by atoms with Gasteiger partial charge in [0, 0.05) is 17.1 Å². The van der Waals surface area contributed by atoms with E-state index in [1.54, 1.807) is 16.7 Å². The Morgan fingerprint density at radius 2 is 2.14 bits per heavy atom. The van der Waals surface area contributed by atoms with Crippen molar-refractivity contribution in [3.8, 4) is 6.07 Å². The minimum absolute atomic E-state index is 0.0401. The maximum absolute atomic E-state index is 12.5. The van der Waals surface area contributed by atoms with Crippen LogP contribution < -0.4 is 5.32 Å². The molecule has 3 aliphatic rings. The topological polar surface area (TPSA) is 99.5 Å². The van der Waals surface area contributed by atoms with Gasteiger partial charge < -0.3 is 15.0 Å². The Morgan fingerprint density at radius 3 is 2.93 bits per heavy atom. The largest absolute Gasteiger partial charge is 0.454 e. The van der Waals surface area contributed by atoms with Crippen LogP contribution in [0.25, 0.3) is 0 Å². The van der Waals surface area contributed by atoms with Crippen LogP contribution in [0.3, 0.4) is 0 Å². The maximum Gasteiger partial charge on any atom is 0.330 e. The third kappa shape index (κ3) is 3.29. The fourth-order valence-electron chi connectivity index (χ4n) is 4.16. The molecular formula is C19H21N3O4S2. The molecule has 2 saturated heterocycles. The van der Waals surface area contributed by atoms with Crippen molar-refractivity contribution in [2.24, 2.45) is 0 Å². The van der Waals surface area contributed by atoms with E-state index in [-0.39, 0.29) is 10.8 Å². The summed E-state index contributed by atoms with van der Waals surface area (Å²) in [5, 5.41) is 12.7. The standard InChI is InChI=1S/C19H21N3O4S2/c1-19-7-6-16(24)22(19)13(10-27-19)18(25)26-9-15(23)21-17-12(8-20)11-4-2-3-5-14(11)28-17/h13H,2-7,9-10H2,1H3,(H,21,23)/t13-,19+/m1/s1. The summed E-state index contributed by atoms with van der Waals surface area (Å²) in [5.74, 6) is -0.571. The van der Waals surface area contributed by atoms with Crippen molar-refractivity contribution in [2.45, 2.75) is 56.4 Å². The van der Waals surface area contributed by atoms with E-state index in [4.69, 9.17) is 4.74 Å². The number of aryl methyl sites for hydroxylation is 1. The molecule has 4 rings (SSSR count). The van der Waals surface area contributed by atoms with Crippen molar-refractivity contribution < 1.29 is 19.1 Å². The van der Waals surface area contributed by atoms with Crippen LogP contribution in [0, 0.1) is 11.3 Å². The molecule has 7 nitrogen and oxygen atoms in total. The number of fused-ring (bicyclic) bond motifs is 2. The Labute approximate surface area is 171 Å². The van der Waals surface area contributed by atoms with Crippen LogP contribution in [-0.4, -0.2) is 46.0 Å². The molecule has 2 atom stereocenters. The first-order valence-corrected chi connectivity index (χ1v) is 11.2. The summed E-state index contributed by atoms with van der Waals surface area (Å²) >= 11 is 3.02. The molecule has 3 heterocycles. The smallest absolute Gasteiger partial charge is 0.330 e. The molecule has 0 radical (unpaired) electrons. The summed E-state index contributed by atoms with van der Waals surface area (Å²) in [6, 6.07) is 1.56. The monoisotopic (exact) mass is 419 g/mol. The molecule has 0 spiro atoms. The Kier molecular flexibility index (Phi) is 5.10. The summed E-state index contributed by atoms with van der Waals surface area (Å²) in [7, 11) is 0. The van der Waals surface area contributed by atoms with Crippen LogP contribution in [0.15, 0.2) is 0 Å². The second-order valence-corrected chi connectivity index (χ2v) is 10.1. The Hall–Kier alpha value is -2.05. The van der Waals surface area contributed by atoms with E-state index in [9.17, 15) is 19.6 Å². The van der Waals surface area contributed by atoms with E-state index >= 15 is 0 Å². The quantitative estimate of drug-likeness (QED) is 0.753. The van der Waals surface area contributed by atoms with Gasteiger partial charge in [0.1, 0.15) is 17.1 Å². The molecule has 1 aromatic rings. The van der Waals surface area contributed by atoms with Crippen molar-refractivity contribution in [3.63, 3.8) is 0 Å². The summed E-state index contributed by atoms with van der Waals surface area (Å²) < 4.78 is 5.20. The Balaban J connectivity index is 1.37. The van der Waals surface area contributed by atoms with Gasteiger partial charge in [0.2, 0.25) is 5.91 Å². The van der Waals surface area contributed by atoms with Gasteiger partial charge in [-0.3, -0.25) is 9.59 Å². The van der Waals surface area contributed by atoms with Gasteiger partial charge in [0.25, 0.3) is 5.91 Å². The van der Waals surface area contributed by atoms with Gasteiger partial charge in [-0.25, -0.2) is 4.79 Å². The molecule has 28 heavy (non-hydrogen) atoms. The van der Waals surface area contributed by atoms with Gasteiger partial charge in [0.15, 0.2) is 6.61 Å². The third-order valence-corrected chi connectivity index (χ3v) is 8.31. The van der Waals surface area contributed by atoms with E-state index in [0.717, 1.165) is 42.5 Å². The highest BCUT2D eigenvalue weighted by Gasteiger charge is 2.53. The van der Waals surface area contributed by atoms with E-state index in [1.165, 1.54) is 11.3 Å². The second-order valence-electron chi connectivity index (χ2n) is 7.45. The first-order valence-electron chi connectivity index (χ1n) is 9.40. The number of hydrogen-bond acceptors (Lipinski definition) is 7. The SMILES string of the molecule is C[C@]12CCC(=O)N1[C@@H](C(=O)OCC(=O)Nc1sc3c(c1C#N)CCCC3)CS2. The summed E-state index contributed by atoms with van der Waals surface area (Å²) in [4.78, 5) is 39.3. The van der Waals surface area contributed by atoms with Crippen molar-refractivity contribution in [1.29, 1.82) is 5.26 Å². The molecule has 0 saturated carbocycles. The maximum atomic E-state index is 12.5. The summed E-state index contributed by atoms with van der Waals surface area (Å²) in [6.45, 7) is 1.54. The zero-order chi connectivity index (χ0) is 19.9. The lowest BCUT2D eigenvalue weighted by Crippen LogP contribution is -2.47. The number of thiophene rings is 1. The predicted molar refractivity (Wildman–Crippen MR) is 106 cm³/mol. The third-order valence-electron chi connectivity index (χ3n) is 5.60. The lowest BCUT2D eigenvalue weighted by atomic mass is 9.96. The molecule has 1 aromatic heterocycles. The van der Waals surface area contributed by atoms with Crippen molar-refractivity contribution in [1.82, 2.24) is 4.90 Å². The van der Waals surface area contributed by atoms with Gasteiger partial charge in [-0.1, -0.05) is 0 Å². The second kappa shape index (κ2) is 7.41. The average molecular weight is 420 g/mol. The molecule has 1 N–H and O–H groups in total. The fourth-order valence-corrected chi connectivity index (χ4v) is 6.84. The highest BCUT2D eigenvalue weighted by atomic mass is 32.2. The number of anilines is 1. The van der Waals surface area contributed by atoms with Crippen LogP contribution in [-0.2, 0) is 32.0 Å². The minimum Gasteiger partial charge on any atom is -0.454 e. The van der Waals surface area contributed by atoms with E-state index in [2.05, 4.69) is 11.4 Å². The van der Waals surface area contributed by atoms with Gasteiger partial charge in [-0.15, -0.1) is 23.1 Å². The summed E-state index contributed by atoms with van der Waals surface area (Å²) in [6.07, 6.45) is 5.10. The number of hydrogen-bond donors (Lipinski definition) is 1. The fraction of sp³-hybridized carbons (Fsp3) is 0.579. The zero-order valence-electron chi connectivity index (χ0n) is 15.6. The number of rotatable bonds is 4. The van der Waals surface area contributed by atoms with Crippen LogP contribution in [0.2, 0.25) is 0 Å². The van der Waals surface area contributed by atoms with Crippen LogP contribution >= 0.6 is 23.1 Å². The molecule has 0 bridgehead atoms. The molecule has 0 unspecified atom stereocenters. The van der Waals surface area contributed by atoms with Crippen molar-refractivity contribution >= 4 is 45.9 Å². The molecule has 9 heteroatoms. The lowest BCUT2D eigenvalue weighted by Gasteiger charge is -2.29. The molecule has 1 aliphatic carbocycles. The van der Waals surface area contributed by atoms with E-state index < -0.39 is 24.5 Å². The predicted octanol–water partition coefficient (Wildman–Crippen LogP) is 2.43. The van der Waals surface area contributed by atoms with Crippen LogP contribution in [0.1, 0.15) is 48.6 Å². The average Bonchev–Trinajstić information content (AvgIpc) is 3.30.